The summed E-state index contributed by atoms with van der Waals surface area (Å²) in [5, 5.41) is 18.3. The van der Waals surface area contributed by atoms with Crippen LogP contribution in [0.1, 0.15) is 25.7 Å². The van der Waals surface area contributed by atoms with E-state index >= 15 is 0 Å². The summed E-state index contributed by atoms with van der Waals surface area (Å²) in [7, 11) is 0. The molecule has 1 atom stereocenters. The van der Waals surface area contributed by atoms with Crippen molar-refractivity contribution in [3.05, 3.63) is 0 Å². The zero-order valence-corrected chi connectivity index (χ0v) is 9.10. The molecule has 0 bridgehead atoms. The second-order valence-electron chi connectivity index (χ2n) is 3.91. The van der Waals surface area contributed by atoms with Gasteiger partial charge in [-0.3, -0.25) is 4.79 Å². The zero-order chi connectivity index (χ0) is 10.8. The first-order valence-electron chi connectivity index (χ1n) is 5.03. The Morgan fingerprint density at radius 3 is 2.53 bits per heavy atom. The van der Waals surface area contributed by atoms with E-state index in [1.54, 1.807) is 0 Å². The lowest BCUT2D eigenvalue weighted by Crippen LogP contribution is -2.45. The molecule has 1 aliphatic carbocycles. The summed E-state index contributed by atoms with van der Waals surface area (Å²) in [6, 6.07) is 0.290. The van der Waals surface area contributed by atoms with Crippen LogP contribution in [0.2, 0.25) is 0 Å². The van der Waals surface area contributed by atoms with Gasteiger partial charge in [-0.15, -0.1) is 17.7 Å². The molecule has 1 unspecified atom stereocenters. The monoisotopic (exact) mass is 230 g/mol. The highest BCUT2D eigenvalue weighted by atomic mass is 32.1. The predicted octanol–water partition coefficient (Wildman–Crippen LogP) is 1.03. The number of hydrazine groups is 1. The van der Waals surface area contributed by atoms with Crippen molar-refractivity contribution in [2.45, 2.75) is 37.2 Å². The van der Waals surface area contributed by atoms with Gasteiger partial charge in [-0.1, -0.05) is 5.22 Å². The minimum atomic E-state index is -0.681. The third-order valence-corrected chi connectivity index (χ3v) is 3.36. The molecule has 2 aliphatic rings. The van der Waals surface area contributed by atoms with Crippen LogP contribution in [-0.2, 0) is 4.79 Å². The van der Waals surface area contributed by atoms with E-state index < -0.39 is 5.97 Å². The van der Waals surface area contributed by atoms with E-state index in [4.69, 9.17) is 5.11 Å². The van der Waals surface area contributed by atoms with Crippen molar-refractivity contribution in [2.24, 2.45) is 16.3 Å². The Balaban J connectivity index is 1.86. The number of carboxylic acid groups (broad SMARTS) is 1. The highest BCUT2D eigenvalue weighted by Crippen LogP contribution is 2.29. The number of hydrogen-bond acceptors (Lipinski definition) is 6. The molecule has 6 nitrogen and oxygen atoms in total. The minimum absolute atomic E-state index is 0.184. The maximum atomic E-state index is 10.8. The first-order chi connectivity index (χ1) is 7.18. The zero-order valence-electron chi connectivity index (χ0n) is 8.20. The summed E-state index contributed by atoms with van der Waals surface area (Å²) >= 11 is 4.25. The Hall–Kier alpha value is -0.820. The van der Waals surface area contributed by atoms with Crippen LogP contribution in [-0.4, -0.2) is 27.6 Å². The summed E-state index contributed by atoms with van der Waals surface area (Å²) < 4.78 is 0. The number of aliphatic carboxylic acids is 1. The molecule has 2 N–H and O–H groups in total. The highest BCUT2D eigenvalue weighted by molar-refractivity contribution is 7.80. The van der Waals surface area contributed by atoms with Gasteiger partial charge in [0.05, 0.1) is 5.92 Å². The minimum Gasteiger partial charge on any atom is -0.481 e. The van der Waals surface area contributed by atoms with Crippen LogP contribution in [0.3, 0.4) is 0 Å². The van der Waals surface area contributed by atoms with Crippen molar-refractivity contribution in [3.63, 3.8) is 0 Å². The largest absolute Gasteiger partial charge is 0.481 e. The molecular weight excluding hydrogens is 216 g/mol. The van der Waals surface area contributed by atoms with Gasteiger partial charge in [-0.25, -0.2) is 5.53 Å². The van der Waals surface area contributed by atoms with Gasteiger partial charge in [0, 0.05) is 6.04 Å². The van der Waals surface area contributed by atoms with Crippen molar-refractivity contribution >= 4 is 18.6 Å². The molecule has 0 spiro atoms. The normalized spacial score (nSPS) is 36.5. The molecule has 84 valence electrons. The summed E-state index contributed by atoms with van der Waals surface area (Å²) in [5.74, 6) is -0.865. The molecule has 1 saturated carbocycles. The summed E-state index contributed by atoms with van der Waals surface area (Å²) in [6.45, 7) is 0. The van der Waals surface area contributed by atoms with Crippen molar-refractivity contribution in [1.82, 2.24) is 10.5 Å². The van der Waals surface area contributed by atoms with E-state index in [2.05, 4.69) is 28.5 Å². The fraction of sp³-hybridized carbons (Fsp3) is 0.875. The molecule has 15 heavy (non-hydrogen) atoms. The Labute approximate surface area is 93.1 Å². The maximum Gasteiger partial charge on any atom is 0.306 e. The number of thiol groups is 1. The second kappa shape index (κ2) is 4.36. The highest BCUT2D eigenvalue weighted by Gasteiger charge is 2.33. The summed E-state index contributed by atoms with van der Waals surface area (Å²) in [4.78, 5) is 10.8. The van der Waals surface area contributed by atoms with E-state index in [9.17, 15) is 4.79 Å². The molecule has 0 aromatic heterocycles. The van der Waals surface area contributed by atoms with E-state index in [0.29, 0.717) is 0 Å². The molecule has 7 heteroatoms. The lowest BCUT2D eigenvalue weighted by atomic mass is 9.86. The van der Waals surface area contributed by atoms with E-state index in [1.165, 1.54) is 0 Å². The number of carbonyl (C=O) groups is 1. The van der Waals surface area contributed by atoms with Crippen LogP contribution in [0.5, 0.6) is 0 Å². The van der Waals surface area contributed by atoms with Gasteiger partial charge in [-0.2, -0.15) is 5.01 Å². The number of hydrogen-bond donors (Lipinski definition) is 3. The fourth-order valence-electron chi connectivity index (χ4n) is 2.11. The van der Waals surface area contributed by atoms with Crippen LogP contribution in [0.4, 0.5) is 0 Å². The smallest absolute Gasteiger partial charge is 0.306 e. The molecule has 0 aromatic rings. The van der Waals surface area contributed by atoms with E-state index in [-0.39, 0.29) is 17.5 Å². The van der Waals surface area contributed by atoms with Crippen LogP contribution in [0.15, 0.2) is 10.3 Å². The average molecular weight is 230 g/mol. The maximum absolute atomic E-state index is 10.8. The van der Waals surface area contributed by atoms with Gasteiger partial charge in [0.25, 0.3) is 0 Å². The van der Waals surface area contributed by atoms with Crippen LogP contribution in [0, 0.1) is 5.92 Å². The molecule has 0 saturated heterocycles. The van der Waals surface area contributed by atoms with E-state index in [1.807, 2.05) is 5.01 Å². The third-order valence-electron chi connectivity index (χ3n) is 3.01. The average Bonchev–Trinajstić information content (AvgIpc) is 2.65. The third kappa shape index (κ3) is 2.23. The summed E-state index contributed by atoms with van der Waals surface area (Å²) in [5.41, 5.74) is 2.55. The lowest BCUT2D eigenvalue weighted by molar-refractivity contribution is -0.143. The van der Waals surface area contributed by atoms with Gasteiger partial charge in [0.2, 0.25) is 0 Å². The van der Waals surface area contributed by atoms with Crippen molar-refractivity contribution in [1.29, 1.82) is 0 Å². The molecule has 1 aliphatic heterocycles. The Bertz CT molecular complexity index is 278. The standard InChI is InChI=1S/C8H14N4O2S/c13-7(14)5-1-3-6(4-2-5)12-8(15)9-10-11-12/h5-6,8,15H,1-4H2,(H,9,11)(H,13,14). The molecule has 1 heterocycles. The fourth-order valence-corrected chi connectivity index (χ4v) is 2.40. The summed E-state index contributed by atoms with van der Waals surface area (Å²) in [6.07, 6.45) is 3.15. The number of rotatable bonds is 2. The van der Waals surface area contributed by atoms with E-state index in [0.717, 1.165) is 25.7 Å². The SMILES string of the molecule is O=C(O)C1CCC(N2NN=NC2S)CC1. The number of carboxylic acids is 1. The second-order valence-corrected chi connectivity index (χ2v) is 4.37. The van der Waals surface area contributed by atoms with Gasteiger partial charge < -0.3 is 5.11 Å². The molecular formula is C8H14N4O2S. The Kier molecular flexibility index (Phi) is 3.11. The topological polar surface area (TPSA) is 77.3 Å². The molecule has 0 aromatic carbocycles. The lowest BCUT2D eigenvalue weighted by Gasteiger charge is -2.32. The van der Waals surface area contributed by atoms with Gasteiger partial charge in [0.15, 0.2) is 5.50 Å². The first kappa shape index (κ1) is 10.7. The van der Waals surface area contributed by atoms with Crippen LogP contribution >= 0.6 is 12.6 Å². The Morgan fingerprint density at radius 1 is 1.40 bits per heavy atom. The van der Waals surface area contributed by atoms with Gasteiger partial charge in [0.1, 0.15) is 0 Å². The molecule has 1 fully saturated rings. The van der Waals surface area contributed by atoms with Gasteiger partial charge >= 0.3 is 5.97 Å². The van der Waals surface area contributed by atoms with Crippen molar-refractivity contribution in [3.8, 4) is 0 Å². The molecule has 0 radical (unpaired) electrons. The first-order valence-corrected chi connectivity index (χ1v) is 5.55. The van der Waals surface area contributed by atoms with Gasteiger partial charge in [-0.05, 0) is 25.7 Å². The van der Waals surface area contributed by atoms with Crippen molar-refractivity contribution < 1.29 is 9.90 Å². The number of nitrogens with one attached hydrogen (secondary N) is 1. The molecule has 2 rings (SSSR count). The number of nitrogens with zero attached hydrogens (tertiary/aromatic N) is 3. The Morgan fingerprint density at radius 2 is 2.07 bits per heavy atom. The van der Waals surface area contributed by atoms with Crippen LogP contribution < -0.4 is 5.53 Å². The molecule has 0 amide bonds. The van der Waals surface area contributed by atoms with Crippen molar-refractivity contribution in [2.75, 3.05) is 0 Å². The quantitative estimate of drug-likeness (QED) is 0.619. The van der Waals surface area contributed by atoms with Crippen LogP contribution in [0.25, 0.3) is 0 Å². The predicted molar refractivity (Wildman–Crippen MR) is 56.0 cm³/mol.